The van der Waals surface area contributed by atoms with Crippen molar-refractivity contribution in [3.05, 3.63) is 70.8 Å². The Kier molecular flexibility index (Phi) is 7.62. The largest absolute Gasteiger partial charge is 0.437 e. The lowest BCUT2D eigenvalue weighted by molar-refractivity contribution is 0.103. The molecule has 0 atom stereocenters. The Balaban J connectivity index is 2.09. The minimum absolute atomic E-state index is 0.0693. The van der Waals surface area contributed by atoms with Crippen molar-refractivity contribution in [1.82, 2.24) is 0 Å². The first-order valence-electron chi connectivity index (χ1n) is 10.4. The smallest absolute Gasteiger partial charge is 0.314 e. The molecule has 2 aromatic carbocycles. The minimum Gasteiger partial charge on any atom is -0.437 e. The lowest BCUT2D eigenvalue weighted by Gasteiger charge is -2.38. The molecule has 0 bridgehead atoms. The van der Waals surface area contributed by atoms with Gasteiger partial charge in [0.25, 0.3) is 0 Å². The molecule has 0 amide bonds. The van der Waals surface area contributed by atoms with Crippen LogP contribution in [0.25, 0.3) is 0 Å². The second-order valence-electron chi connectivity index (χ2n) is 9.95. The molecule has 0 aliphatic heterocycles. The number of hydrogen-bond donors (Lipinski definition) is 0. The fraction of sp³-hybridized carbons (Fsp3) is 0.435. The molecule has 0 unspecified atom stereocenters. The lowest BCUT2D eigenvalue weighted by Crippen LogP contribution is -2.52. The van der Waals surface area contributed by atoms with Crippen molar-refractivity contribution in [2.24, 2.45) is 0 Å². The summed E-state index contributed by atoms with van der Waals surface area (Å²) in [5.74, 6) is 0.0693. The Bertz CT molecular complexity index is 800. The summed E-state index contributed by atoms with van der Waals surface area (Å²) in [5.41, 5.74) is 3.84. The molecule has 3 nitrogen and oxygen atoms in total. The summed E-state index contributed by atoms with van der Waals surface area (Å²) < 4.78 is 13.2. The summed E-state index contributed by atoms with van der Waals surface area (Å²) >= 11 is 0. The van der Waals surface area contributed by atoms with Crippen molar-refractivity contribution in [3.8, 4) is 0 Å². The maximum Gasteiger partial charge on any atom is 0.314 e. The predicted octanol–water partition coefficient (Wildman–Crippen LogP) is 6.54. The number of rotatable bonds is 9. The Hall–Kier alpha value is -1.32. The Labute approximate surface area is 180 Å². The quantitative estimate of drug-likeness (QED) is 0.325. The predicted molar refractivity (Wildman–Crippen MR) is 130 cm³/mol. The van der Waals surface area contributed by atoms with Crippen molar-refractivity contribution in [2.45, 2.75) is 65.2 Å². The number of aryl methyl sites for hydroxylation is 2. The fourth-order valence-electron chi connectivity index (χ4n) is 3.48. The van der Waals surface area contributed by atoms with Gasteiger partial charge in [-0.25, -0.2) is 0 Å². The molecule has 0 N–H and O–H groups in total. The highest BCUT2D eigenvalue weighted by Crippen LogP contribution is 2.26. The van der Waals surface area contributed by atoms with Crippen LogP contribution in [-0.2, 0) is 14.7 Å². The van der Waals surface area contributed by atoms with Crippen LogP contribution in [0.3, 0.4) is 0 Å². The average molecular weight is 445 g/mol. The van der Waals surface area contributed by atoms with E-state index in [2.05, 4.69) is 58.0 Å². The standard InChI is InChI=1S/C23H36O3Si3/c1-19-9-13-21(14-10-19)23(24)22-15-11-20(12-16-22)17-18-29(8,25-27(2,3)4)26-28(5,6)7/h9-16H,17-18H2,1-8H3. The van der Waals surface area contributed by atoms with Crippen LogP contribution in [0.5, 0.6) is 0 Å². The third-order valence-electron chi connectivity index (χ3n) is 4.44. The first-order chi connectivity index (χ1) is 13.3. The van der Waals surface area contributed by atoms with Gasteiger partial charge < -0.3 is 8.23 Å². The van der Waals surface area contributed by atoms with Gasteiger partial charge in [0, 0.05) is 11.1 Å². The second-order valence-corrected chi connectivity index (χ2v) is 22.8. The van der Waals surface area contributed by atoms with Crippen molar-refractivity contribution in [3.63, 3.8) is 0 Å². The molecule has 6 heteroatoms. The zero-order valence-electron chi connectivity index (χ0n) is 19.3. The van der Waals surface area contributed by atoms with E-state index in [4.69, 9.17) is 8.23 Å². The number of carbonyl (C=O) groups is 1. The van der Waals surface area contributed by atoms with E-state index in [0.717, 1.165) is 29.2 Å². The Morgan fingerprint density at radius 1 is 0.724 bits per heavy atom. The highest BCUT2D eigenvalue weighted by Gasteiger charge is 2.39. The Morgan fingerprint density at radius 3 is 1.55 bits per heavy atom. The molecule has 0 saturated carbocycles. The minimum atomic E-state index is -2.24. The monoisotopic (exact) mass is 444 g/mol. The van der Waals surface area contributed by atoms with Crippen LogP contribution < -0.4 is 0 Å². The Morgan fingerprint density at radius 2 is 1.14 bits per heavy atom. The van der Waals surface area contributed by atoms with E-state index in [1.54, 1.807) is 0 Å². The van der Waals surface area contributed by atoms with Crippen LogP contribution in [0.15, 0.2) is 48.5 Å². The molecular weight excluding hydrogens is 409 g/mol. The molecule has 0 heterocycles. The highest BCUT2D eigenvalue weighted by molar-refractivity contribution is 6.87. The molecule has 0 saturated heterocycles. The number of benzene rings is 2. The van der Waals surface area contributed by atoms with E-state index in [9.17, 15) is 4.79 Å². The van der Waals surface area contributed by atoms with E-state index >= 15 is 0 Å². The van der Waals surface area contributed by atoms with Gasteiger partial charge in [-0.3, -0.25) is 4.79 Å². The summed E-state index contributed by atoms with van der Waals surface area (Å²) in [7, 11) is -5.60. The van der Waals surface area contributed by atoms with Gasteiger partial charge in [0.15, 0.2) is 22.4 Å². The molecule has 158 valence electrons. The van der Waals surface area contributed by atoms with Gasteiger partial charge in [0.05, 0.1) is 0 Å². The van der Waals surface area contributed by atoms with E-state index in [-0.39, 0.29) is 5.78 Å². The summed E-state index contributed by atoms with van der Waals surface area (Å²) in [5, 5.41) is 0. The SMILES string of the molecule is Cc1ccc(C(=O)c2ccc(CC[Si](C)(O[Si](C)(C)C)O[Si](C)(C)C)cc2)cc1. The van der Waals surface area contributed by atoms with Gasteiger partial charge in [0.2, 0.25) is 0 Å². The summed E-state index contributed by atoms with van der Waals surface area (Å²) in [4.78, 5) is 12.7. The third kappa shape index (κ3) is 8.14. The topological polar surface area (TPSA) is 35.5 Å². The summed E-state index contributed by atoms with van der Waals surface area (Å²) in [6.07, 6.45) is 0.913. The third-order valence-corrected chi connectivity index (χ3v) is 14.0. The first-order valence-corrected chi connectivity index (χ1v) is 19.7. The number of ketones is 1. The van der Waals surface area contributed by atoms with Gasteiger partial charge in [-0.1, -0.05) is 54.1 Å². The number of carbonyl (C=O) groups excluding carboxylic acids is 1. The van der Waals surface area contributed by atoms with Gasteiger partial charge in [0.1, 0.15) is 0 Å². The van der Waals surface area contributed by atoms with Gasteiger partial charge in [-0.05, 0) is 70.8 Å². The normalized spacial score (nSPS) is 12.8. The van der Waals surface area contributed by atoms with Crippen LogP contribution in [0.4, 0.5) is 0 Å². The molecule has 2 rings (SSSR count). The van der Waals surface area contributed by atoms with Crippen LogP contribution >= 0.6 is 0 Å². The van der Waals surface area contributed by atoms with Gasteiger partial charge >= 0.3 is 8.56 Å². The van der Waals surface area contributed by atoms with Crippen molar-refractivity contribution in [1.29, 1.82) is 0 Å². The summed E-state index contributed by atoms with van der Waals surface area (Å²) in [6, 6.07) is 16.7. The fourth-order valence-corrected chi connectivity index (χ4v) is 15.9. The van der Waals surface area contributed by atoms with Crippen LogP contribution in [0, 0.1) is 6.92 Å². The summed E-state index contributed by atoms with van der Waals surface area (Å²) in [6.45, 7) is 17.6. The lowest BCUT2D eigenvalue weighted by atomic mass is 10.0. The molecule has 0 aliphatic rings. The maximum absolute atomic E-state index is 12.7. The molecule has 0 aromatic heterocycles. The maximum atomic E-state index is 12.7. The number of hydrogen-bond acceptors (Lipinski definition) is 3. The van der Waals surface area contributed by atoms with Crippen molar-refractivity contribution < 1.29 is 13.0 Å². The molecule has 0 radical (unpaired) electrons. The average Bonchev–Trinajstić information content (AvgIpc) is 2.57. The molecule has 0 spiro atoms. The molecule has 0 aliphatic carbocycles. The van der Waals surface area contributed by atoms with Gasteiger partial charge in [-0.2, -0.15) is 0 Å². The zero-order chi connectivity index (χ0) is 21.9. The van der Waals surface area contributed by atoms with Crippen molar-refractivity contribution in [2.75, 3.05) is 0 Å². The molecule has 2 aromatic rings. The van der Waals surface area contributed by atoms with E-state index < -0.39 is 25.2 Å². The molecule has 29 heavy (non-hydrogen) atoms. The highest BCUT2D eigenvalue weighted by atomic mass is 28.5. The molecule has 0 fully saturated rings. The van der Waals surface area contributed by atoms with Crippen LogP contribution in [-0.4, -0.2) is 31.0 Å². The van der Waals surface area contributed by atoms with Crippen LogP contribution in [0.1, 0.15) is 27.0 Å². The van der Waals surface area contributed by atoms with E-state index in [1.165, 1.54) is 5.56 Å². The van der Waals surface area contributed by atoms with Gasteiger partial charge in [-0.15, -0.1) is 0 Å². The van der Waals surface area contributed by atoms with Crippen LogP contribution in [0.2, 0.25) is 51.9 Å². The second kappa shape index (κ2) is 9.22. The van der Waals surface area contributed by atoms with Crippen molar-refractivity contribution >= 4 is 31.0 Å². The van der Waals surface area contributed by atoms with E-state index in [1.807, 2.05) is 43.3 Å². The molecular formula is C23H36O3Si3. The first kappa shape index (κ1) is 24.0. The van der Waals surface area contributed by atoms with E-state index in [0.29, 0.717) is 0 Å². The zero-order valence-corrected chi connectivity index (χ0v) is 22.3.